The first kappa shape index (κ1) is 12.7. The first-order chi connectivity index (χ1) is 9.76. The lowest BCUT2D eigenvalue weighted by molar-refractivity contribution is 0.0578. The van der Waals surface area contributed by atoms with Crippen molar-refractivity contribution in [2.45, 2.75) is 31.7 Å². The van der Waals surface area contributed by atoms with Gasteiger partial charge in [0, 0.05) is 6.54 Å². The van der Waals surface area contributed by atoms with Gasteiger partial charge >= 0.3 is 0 Å². The zero-order valence-corrected chi connectivity index (χ0v) is 12.6. The number of imidazole rings is 1. The molecule has 4 heterocycles. The number of piperidine rings is 3. The van der Waals surface area contributed by atoms with Crippen molar-refractivity contribution in [1.29, 1.82) is 0 Å². The van der Waals surface area contributed by atoms with Crippen LogP contribution in [0.25, 0.3) is 11.0 Å². The Balaban J connectivity index is 1.85. The highest BCUT2D eigenvalue weighted by molar-refractivity contribution is 6.16. The van der Waals surface area contributed by atoms with Crippen molar-refractivity contribution < 1.29 is 0 Å². The molecule has 3 nitrogen and oxygen atoms in total. The Bertz CT molecular complexity index is 640. The number of halogens is 1. The van der Waals surface area contributed by atoms with Gasteiger partial charge in [0.25, 0.3) is 0 Å². The van der Waals surface area contributed by atoms with Gasteiger partial charge in [-0.05, 0) is 56.5 Å². The van der Waals surface area contributed by atoms with Crippen molar-refractivity contribution in [2.75, 3.05) is 19.6 Å². The summed E-state index contributed by atoms with van der Waals surface area (Å²) in [5, 5.41) is 0. The Labute approximate surface area is 124 Å². The number of alkyl halides is 1. The van der Waals surface area contributed by atoms with Crippen LogP contribution in [0.4, 0.5) is 0 Å². The average molecular weight is 290 g/mol. The first-order valence-corrected chi connectivity index (χ1v) is 8.05. The molecule has 3 aliphatic rings. The van der Waals surface area contributed by atoms with E-state index in [-0.39, 0.29) is 0 Å². The number of aryl methyl sites for hydroxylation is 1. The number of aromatic nitrogens is 2. The molecule has 1 atom stereocenters. The van der Waals surface area contributed by atoms with Crippen LogP contribution in [0.2, 0.25) is 0 Å². The number of benzene rings is 1. The van der Waals surface area contributed by atoms with Gasteiger partial charge in [-0.15, -0.1) is 11.6 Å². The van der Waals surface area contributed by atoms with Crippen LogP contribution in [0.3, 0.4) is 0 Å². The minimum Gasteiger partial charge on any atom is -0.322 e. The normalized spacial score (nSPS) is 29.2. The van der Waals surface area contributed by atoms with Gasteiger partial charge in [0.1, 0.15) is 5.82 Å². The third-order valence-corrected chi connectivity index (χ3v) is 5.23. The molecule has 2 bridgehead atoms. The lowest BCUT2D eigenvalue weighted by atomic mass is 9.83. The molecule has 0 spiro atoms. The van der Waals surface area contributed by atoms with Crippen molar-refractivity contribution in [3.63, 3.8) is 0 Å². The molecule has 0 aliphatic carbocycles. The summed E-state index contributed by atoms with van der Waals surface area (Å²) in [6.45, 7) is 5.81. The lowest BCUT2D eigenvalue weighted by Gasteiger charge is -2.45. The molecule has 3 aliphatic heterocycles. The van der Waals surface area contributed by atoms with E-state index in [4.69, 9.17) is 16.6 Å². The molecule has 0 amide bonds. The fourth-order valence-electron chi connectivity index (χ4n) is 3.95. The molecule has 1 aromatic heterocycles. The van der Waals surface area contributed by atoms with Gasteiger partial charge in [0.05, 0.1) is 23.0 Å². The zero-order chi connectivity index (χ0) is 13.7. The molecule has 106 valence electrons. The van der Waals surface area contributed by atoms with E-state index in [2.05, 4.69) is 34.6 Å². The van der Waals surface area contributed by atoms with Crippen LogP contribution in [-0.4, -0.2) is 34.1 Å². The molecule has 2 aromatic rings. The summed E-state index contributed by atoms with van der Waals surface area (Å²) in [5.41, 5.74) is 3.61. The van der Waals surface area contributed by atoms with E-state index in [1.54, 1.807) is 0 Å². The maximum Gasteiger partial charge on any atom is 0.125 e. The van der Waals surface area contributed by atoms with Crippen LogP contribution in [0.5, 0.6) is 0 Å². The van der Waals surface area contributed by atoms with Crippen LogP contribution < -0.4 is 0 Å². The van der Waals surface area contributed by atoms with E-state index in [0.717, 1.165) is 23.8 Å². The SMILES string of the molecule is Cc1ccc2c(c1)nc(CCl)n2C1CN2CCC1CC2. The Kier molecular flexibility index (Phi) is 3.00. The van der Waals surface area contributed by atoms with E-state index in [0.29, 0.717) is 11.9 Å². The molecule has 0 N–H and O–H groups in total. The van der Waals surface area contributed by atoms with Crippen molar-refractivity contribution in [1.82, 2.24) is 14.5 Å². The molecule has 0 saturated carbocycles. The summed E-state index contributed by atoms with van der Waals surface area (Å²) in [7, 11) is 0. The van der Waals surface area contributed by atoms with Gasteiger partial charge in [-0.2, -0.15) is 0 Å². The van der Waals surface area contributed by atoms with E-state index >= 15 is 0 Å². The summed E-state index contributed by atoms with van der Waals surface area (Å²) in [4.78, 5) is 7.35. The van der Waals surface area contributed by atoms with E-state index < -0.39 is 0 Å². The van der Waals surface area contributed by atoms with Gasteiger partial charge in [0.2, 0.25) is 0 Å². The number of nitrogens with zero attached hydrogens (tertiary/aromatic N) is 3. The van der Waals surface area contributed by atoms with Crippen molar-refractivity contribution in [2.24, 2.45) is 5.92 Å². The first-order valence-electron chi connectivity index (χ1n) is 7.52. The predicted molar refractivity (Wildman–Crippen MR) is 82.2 cm³/mol. The van der Waals surface area contributed by atoms with E-state index in [1.165, 1.54) is 37.0 Å². The molecule has 3 saturated heterocycles. The Morgan fingerprint density at radius 2 is 2.10 bits per heavy atom. The molecule has 3 fully saturated rings. The summed E-state index contributed by atoms with van der Waals surface area (Å²) < 4.78 is 2.43. The highest BCUT2D eigenvalue weighted by atomic mass is 35.5. The third-order valence-electron chi connectivity index (χ3n) is 4.99. The summed E-state index contributed by atoms with van der Waals surface area (Å²) in [6.07, 6.45) is 2.63. The quantitative estimate of drug-likeness (QED) is 0.791. The highest BCUT2D eigenvalue weighted by Crippen LogP contribution is 2.38. The second-order valence-corrected chi connectivity index (χ2v) is 6.50. The van der Waals surface area contributed by atoms with Crippen LogP contribution in [0.1, 0.15) is 30.3 Å². The summed E-state index contributed by atoms with van der Waals surface area (Å²) in [5.74, 6) is 2.32. The number of hydrogen-bond donors (Lipinski definition) is 0. The van der Waals surface area contributed by atoms with Crippen LogP contribution in [-0.2, 0) is 5.88 Å². The van der Waals surface area contributed by atoms with E-state index in [9.17, 15) is 0 Å². The van der Waals surface area contributed by atoms with Gasteiger partial charge in [-0.25, -0.2) is 4.98 Å². The maximum absolute atomic E-state index is 6.17. The largest absolute Gasteiger partial charge is 0.322 e. The second kappa shape index (κ2) is 4.74. The minimum absolute atomic E-state index is 0.497. The molecule has 1 unspecified atom stereocenters. The monoisotopic (exact) mass is 289 g/mol. The number of hydrogen-bond acceptors (Lipinski definition) is 2. The fourth-order valence-corrected chi connectivity index (χ4v) is 4.14. The molecule has 4 heteroatoms. The van der Waals surface area contributed by atoms with Gasteiger partial charge < -0.3 is 9.47 Å². The predicted octanol–water partition coefficient (Wildman–Crippen LogP) is 3.35. The molecular weight excluding hydrogens is 270 g/mol. The standard InChI is InChI=1S/C16H20ClN3/c1-11-2-3-14-13(8-11)18-16(9-17)20(14)15-10-19-6-4-12(15)5-7-19/h2-3,8,12,15H,4-7,9-10H2,1H3. The maximum atomic E-state index is 6.17. The third kappa shape index (κ3) is 1.87. The lowest BCUT2D eigenvalue weighted by Crippen LogP contribution is -2.48. The van der Waals surface area contributed by atoms with Crippen molar-refractivity contribution in [3.05, 3.63) is 29.6 Å². The topological polar surface area (TPSA) is 21.1 Å². The van der Waals surface area contributed by atoms with Crippen LogP contribution in [0, 0.1) is 12.8 Å². The number of rotatable bonds is 2. The van der Waals surface area contributed by atoms with Crippen molar-refractivity contribution in [3.8, 4) is 0 Å². The minimum atomic E-state index is 0.497. The summed E-state index contributed by atoms with van der Waals surface area (Å²) in [6, 6.07) is 7.12. The van der Waals surface area contributed by atoms with Crippen LogP contribution in [0.15, 0.2) is 18.2 Å². The average Bonchev–Trinajstić information content (AvgIpc) is 2.85. The van der Waals surface area contributed by atoms with E-state index in [1.807, 2.05) is 0 Å². The molecule has 0 radical (unpaired) electrons. The van der Waals surface area contributed by atoms with Crippen LogP contribution >= 0.6 is 11.6 Å². The second-order valence-electron chi connectivity index (χ2n) is 6.23. The Morgan fingerprint density at radius 1 is 1.30 bits per heavy atom. The summed E-state index contributed by atoms with van der Waals surface area (Å²) >= 11 is 6.17. The van der Waals surface area contributed by atoms with Gasteiger partial charge in [0.15, 0.2) is 0 Å². The van der Waals surface area contributed by atoms with Crippen molar-refractivity contribution >= 4 is 22.6 Å². The fraction of sp³-hybridized carbons (Fsp3) is 0.562. The molecule has 20 heavy (non-hydrogen) atoms. The zero-order valence-electron chi connectivity index (χ0n) is 11.8. The number of fused-ring (bicyclic) bond motifs is 4. The Hall–Kier alpha value is -1.06. The van der Waals surface area contributed by atoms with Gasteiger partial charge in [-0.3, -0.25) is 0 Å². The molecular formula is C16H20ClN3. The van der Waals surface area contributed by atoms with Gasteiger partial charge in [-0.1, -0.05) is 6.07 Å². The Morgan fingerprint density at radius 3 is 2.75 bits per heavy atom. The molecule has 1 aromatic carbocycles. The highest BCUT2D eigenvalue weighted by Gasteiger charge is 2.36. The smallest absolute Gasteiger partial charge is 0.125 e. The molecule has 5 rings (SSSR count).